The smallest absolute Gasteiger partial charge is 0.161 e. The third kappa shape index (κ3) is 3.98. The van der Waals surface area contributed by atoms with Crippen molar-refractivity contribution >= 4 is 5.78 Å². The highest BCUT2D eigenvalue weighted by Crippen LogP contribution is 2.27. The minimum absolute atomic E-state index is 0.273. The van der Waals surface area contributed by atoms with E-state index in [1.165, 1.54) is 19.3 Å². The number of carbonyl (C=O) groups excluding carboxylic acids is 1. The molecular weight excluding hydrogens is 240 g/mol. The van der Waals surface area contributed by atoms with Crippen molar-refractivity contribution in [1.82, 2.24) is 0 Å². The van der Waals surface area contributed by atoms with Crippen LogP contribution in [0.5, 0.6) is 11.5 Å². The summed E-state index contributed by atoms with van der Waals surface area (Å²) < 4.78 is 10.9. The standard InChI is InChI=1S/C16H22O3/c1-18-15-9-5-6-10-16(15)19-12-11-14(17)13-7-3-2-4-8-13/h5-6,9-10,13H,2-4,7-8,11-12H2,1H3. The summed E-state index contributed by atoms with van der Waals surface area (Å²) in [6.07, 6.45) is 6.30. The van der Waals surface area contributed by atoms with Crippen LogP contribution in [0.1, 0.15) is 38.5 Å². The molecule has 0 spiro atoms. The minimum Gasteiger partial charge on any atom is -0.493 e. The lowest BCUT2D eigenvalue weighted by atomic mass is 9.85. The van der Waals surface area contributed by atoms with E-state index in [0.717, 1.165) is 12.8 Å². The molecule has 104 valence electrons. The van der Waals surface area contributed by atoms with Crippen LogP contribution in [0.15, 0.2) is 24.3 Å². The van der Waals surface area contributed by atoms with Gasteiger partial charge in [0, 0.05) is 12.3 Å². The molecule has 1 saturated carbocycles. The lowest BCUT2D eigenvalue weighted by Crippen LogP contribution is -2.19. The average molecular weight is 262 g/mol. The summed E-state index contributed by atoms with van der Waals surface area (Å²) in [5.41, 5.74) is 0. The summed E-state index contributed by atoms with van der Waals surface area (Å²) in [4.78, 5) is 12.0. The van der Waals surface area contributed by atoms with E-state index in [2.05, 4.69) is 0 Å². The maximum absolute atomic E-state index is 12.0. The second-order valence-electron chi connectivity index (χ2n) is 5.05. The Morgan fingerprint density at radius 3 is 2.53 bits per heavy atom. The molecular formula is C16H22O3. The first-order chi connectivity index (χ1) is 9.31. The average Bonchev–Trinajstić information content (AvgIpc) is 2.48. The Labute approximate surface area is 114 Å². The molecule has 0 amide bonds. The first kappa shape index (κ1) is 13.9. The van der Waals surface area contributed by atoms with Crippen molar-refractivity contribution in [3.05, 3.63) is 24.3 Å². The summed E-state index contributed by atoms with van der Waals surface area (Å²) in [5.74, 6) is 2.05. The van der Waals surface area contributed by atoms with E-state index >= 15 is 0 Å². The molecule has 0 aliphatic heterocycles. The van der Waals surface area contributed by atoms with Gasteiger partial charge in [0.25, 0.3) is 0 Å². The first-order valence-electron chi connectivity index (χ1n) is 7.10. The zero-order valence-corrected chi connectivity index (χ0v) is 11.6. The molecule has 1 aromatic rings. The van der Waals surface area contributed by atoms with Crippen LogP contribution >= 0.6 is 0 Å². The topological polar surface area (TPSA) is 35.5 Å². The van der Waals surface area contributed by atoms with Gasteiger partial charge in [-0.05, 0) is 25.0 Å². The molecule has 2 rings (SSSR count). The molecule has 1 aliphatic carbocycles. The molecule has 0 aromatic heterocycles. The molecule has 0 heterocycles. The summed E-state index contributed by atoms with van der Waals surface area (Å²) >= 11 is 0. The molecule has 0 bridgehead atoms. The summed E-state index contributed by atoms with van der Waals surface area (Å²) in [7, 11) is 1.62. The van der Waals surface area contributed by atoms with E-state index in [-0.39, 0.29) is 5.92 Å². The van der Waals surface area contributed by atoms with E-state index in [9.17, 15) is 4.79 Å². The Morgan fingerprint density at radius 2 is 1.84 bits per heavy atom. The third-order valence-corrected chi connectivity index (χ3v) is 3.74. The largest absolute Gasteiger partial charge is 0.493 e. The fourth-order valence-electron chi connectivity index (χ4n) is 2.63. The SMILES string of the molecule is COc1ccccc1OCCC(=O)C1CCCCC1. The predicted octanol–water partition coefficient (Wildman–Crippen LogP) is 3.61. The maximum Gasteiger partial charge on any atom is 0.161 e. The van der Waals surface area contributed by atoms with Crippen molar-refractivity contribution in [3.8, 4) is 11.5 Å². The molecule has 3 heteroatoms. The highest BCUT2D eigenvalue weighted by molar-refractivity contribution is 5.81. The predicted molar refractivity (Wildman–Crippen MR) is 74.7 cm³/mol. The van der Waals surface area contributed by atoms with Gasteiger partial charge in [-0.1, -0.05) is 31.4 Å². The van der Waals surface area contributed by atoms with Gasteiger partial charge in [0.2, 0.25) is 0 Å². The van der Waals surface area contributed by atoms with E-state index < -0.39 is 0 Å². The molecule has 1 fully saturated rings. The molecule has 0 unspecified atom stereocenters. The Hall–Kier alpha value is -1.51. The van der Waals surface area contributed by atoms with Gasteiger partial charge < -0.3 is 9.47 Å². The quantitative estimate of drug-likeness (QED) is 0.785. The van der Waals surface area contributed by atoms with Crippen LogP contribution < -0.4 is 9.47 Å². The number of hydrogen-bond acceptors (Lipinski definition) is 3. The molecule has 3 nitrogen and oxygen atoms in total. The van der Waals surface area contributed by atoms with Crippen LogP contribution in [0.4, 0.5) is 0 Å². The number of ketones is 1. The monoisotopic (exact) mass is 262 g/mol. The molecule has 0 N–H and O–H groups in total. The number of para-hydroxylation sites is 2. The Morgan fingerprint density at radius 1 is 1.16 bits per heavy atom. The highest BCUT2D eigenvalue weighted by Gasteiger charge is 2.20. The van der Waals surface area contributed by atoms with Gasteiger partial charge in [-0.25, -0.2) is 0 Å². The number of ether oxygens (including phenoxy) is 2. The van der Waals surface area contributed by atoms with Gasteiger partial charge >= 0.3 is 0 Å². The number of benzene rings is 1. The molecule has 19 heavy (non-hydrogen) atoms. The number of methoxy groups -OCH3 is 1. The second kappa shape index (κ2) is 7.17. The summed E-state index contributed by atoms with van der Waals surface area (Å²) in [6.45, 7) is 0.440. The highest BCUT2D eigenvalue weighted by atomic mass is 16.5. The van der Waals surface area contributed by atoms with Crippen LogP contribution in [-0.2, 0) is 4.79 Å². The molecule has 1 aliphatic rings. The number of rotatable bonds is 6. The van der Waals surface area contributed by atoms with E-state index in [0.29, 0.717) is 30.3 Å². The fraction of sp³-hybridized carbons (Fsp3) is 0.562. The second-order valence-corrected chi connectivity index (χ2v) is 5.05. The number of hydrogen-bond donors (Lipinski definition) is 0. The lowest BCUT2D eigenvalue weighted by Gasteiger charge is -2.20. The minimum atomic E-state index is 0.273. The third-order valence-electron chi connectivity index (χ3n) is 3.74. The van der Waals surface area contributed by atoms with Crippen LogP contribution in [0.2, 0.25) is 0 Å². The Balaban J connectivity index is 1.78. The first-order valence-corrected chi connectivity index (χ1v) is 7.10. The van der Waals surface area contributed by atoms with Crippen molar-refractivity contribution in [1.29, 1.82) is 0 Å². The van der Waals surface area contributed by atoms with Gasteiger partial charge in [0.1, 0.15) is 5.78 Å². The molecule has 0 radical (unpaired) electrons. The Bertz CT molecular complexity index is 408. The molecule has 1 aromatic carbocycles. The van der Waals surface area contributed by atoms with Crippen molar-refractivity contribution in [2.45, 2.75) is 38.5 Å². The van der Waals surface area contributed by atoms with Crippen LogP contribution in [0, 0.1) is 5.92 Å². The maximum atomic E-state index is 12.0. The Kier molecular flexibility index (Phi) is 5.25. The van der Waals surface area contributed by atoms with Gasteiger partial charge in [-0.2, -0.15) is 0 Å². The van der Waals surface area contributed by atoms with Crippen molar-refractivity contribution in [3.63, 3.8) is 0 Å². The van der Waals surface area contributed by atoms with Crippen molar-refractivity contribution in [2.75, 3.05) is 13.7 Å². The van der Waals surface area contributed by atoms with Crippen molar-refractivity contribution < 1.29 is 14.3 Å². The van der Waals surface area contributed by atoms with E-state index in [4.69, 9.17) is 9.47 Å². The summed E-state index contributed by atoms with van der Waals surface area (Å²) in [6, 6.07) is 7.53. The van der Waals surface area contributed by atoms with Gasteiger partial charge in [-0.3, -0.25) is 4.79 Å². The lowest BCUT2D eigenvalue weighted by molar-refractivity contribution is -0.124. The zero-order chi connectivity index (χ0) is 13.5. The normalized spacial score (nSPS) is 16.1. The summed E-state index contributed by atoms with van der Waals surface area (Å²) in [5, 5.41) is 0. The fourth-order valence-corrected chi connectivity index (χ4v) is 2.63. The van der Waals surface area contributed by atoms with Gasteiger partial charge in [-0.15, -0.1) is 0 Å². The molecule has 0 saturated heterocycles. The number of Topliss-reactive ketones (excluding diaryl/α,β-unsaturated/α-hetero) is 1. The van der Waals surface area contributed by atoms with Crippen LogP contribution in [0.25, 0.3) is 0 Å². The van der Waals surface area contributed by atoms with E-state index in [1.807, 2.05) is 24.3 Å². The van der Waals surface area contributed by atoms with Gasteiger partial charge in [0.05, 0.1) is 13.7 Å². The van der Waals surface area contributed by atoms with Crippen LogP contribution in [-0.4, -0.2) is 19.5 Å². The van der Waals surface area contributed by atoms with Gasteiger partial charge in [0.15, 0.2) is 11.5 Å². The molecule has 0 atom stereocenters. The van der Waals surface area contributed by atoms with E-state index in [1.54, 1.807) is 7.11 Å². The van der Waals surface area contributed by atoms with Crippen molar-refractivity contribution in [2.24, 2.45) is 5.92 Å². The number of carbonyl (C=O) groups is 1. The zero-order valence-electron chi connectivity index (χ0n) is 11.6. The van der Waals surface area contributed by atoms with Crippen LogP contribution in [0.3, 0.4) is 0 Å².